The molecule has 0 saturated heterocycles. The Labute approximate surface area is 116 Å². The highest BCUT2D eigenvalue weighted by molar-refractivity contribution is 6.30. The van der Waals surface area contributed by atoms with Crippen molar-refractivity contribution in [2.75, 3.05) is 6.54 Å². The number of benzene rings is 1. The van der Waals surface area contributed by atoms with E-state index in [4.69, 9.17) is 22.1 Å². The van der Waals surface area contributed by atoms with Crippen LogP contribution in [0.5, 0.6) is 5.75 Å². The van der Waals surface area contributed by atoms with E-state index in [1.807, 2.05) is 6.07 Å². The normalized spacial score (nSPS) is 10.5. The smallest absolute Gasteiger partial charge is 0.141 e. The lowest BCUT2D eigenvalue weighted by Gasteiger charge is -2.11. The van der Waals surface area contributed by atoms with Crippen molar-refractivity contribution in [2.45, 2.75) is 13.0 Å². The highest BCUT2D eigenvalue weighted by atomic mass is 35.5. The van der Waals surface area contributed by atoms with Gasteiger partial charge in [0, 0.05) is 16.8 Å². The molecule has 0 unspecified atom stereocenters. The van der Waals surface area contributed by atoms with Gasteiger partial charge in [-0.05, 0) is 42.8 Å². The van der Waals surface area contributed by atoms with Crippen molar-refractivity contribution in [1.29, 1.82) is 0 Å². The summed E-state index contributed by atoms with van der Waals surface area (Å²) in [4.78, 5) is 3.77. The highest BCUT2D eigenvalue weighted by Gasteiger charge is 2.05. The molecule has 3 nitrogen and oxygen atoms in total. The van der Waals surface area contributed by atoms with Crippen molar-refractivity contribution in [2.24, 2.45) is 5.73 Å². The third-order valence-electron chi connectivity index (χ3n) is 2.59. The summed E-state index contributed by atoms with van der Waals surface area (Å²) in [6.07, 6.45) is 3.41. The first kappa shape index (κ1) is 13.8. The second-order valence-electron chi connectivity index (χ2n) is 4.09. The molecule has 1 heterocycles. The number of hydrogen-bond acceptors (Lipinski definition) is 3. The van der Waals surface area contributed by atoms with Gasteiger partial charge >= 0.3 is 0 Å². The number of halogens is 2. The molecule has 100 valence electrons. The predicted molar refractivity (Wildman–Crippen MR) is 72.7 cm³/mol. The molecule has 0 radical (unpaired) electrons. The first-order chi connectivity index (χ1) is 9.19. The fraction of sp³-hybridized carbons (Fsp3) is 0.214. The Hall–Kier alpha value is -1.65. The molecule has 2 rings (SSSR count). The van der Waals surface area contributed by atoms with Gasteiger partial charge in [-0.15, -0.1) is 0 Å². The molecule has 1 aromatic carbocycles. The number of rotatable bonds is 5. The zero-order valence-corrected chi connectivity index (χ0v) is 11.0. The Morgan fingerprint density at radius 2 is 2.11 bits per heavy atom. The van der Waals surface area contributed by atoms with Crippen LogP contribution in [0.4, 0.5) is 4.39 Å². The van der Waals surface area contributed by atoms with E-state index in [9.17, 15) is 4.39 Å². The molecule has 0 amide bonds. The van der Waals surface area contributed by atoms with E-state index in [1.165, 1.54) is 6.07 Å². The van der Waals surface area contributed by atoms with Gasteiger partial charge in [0.15, 0.2) is 0 Å². The van der Waals surface area contributed by atoms with Crippen LogP contribution in [0.2, 0.25) is 5.02 Å². The zero-order valence-electron chi connectivity index (χ0n) is 10.3. The standard InChI is InChI=1S/C14H14ClFN2O/c15-12-1-2-14(11(6-12)3-4-17)19-9-10-5-13(16)8-18-7-10/h1-2,5-8H,3-4,9,17H2. The van der Waals surface area contributed by atoms with Gasteiger partial charge in [0.1, 0.15) is 18.2 Å². The van der Waals surface area contributed by atoms with Gasteiger partial charge in [-0.2, -0.15) is 0 Å². The second-order valence-corrected chi connectivity index (χ2v) is 4.53. The van der Waals surface area contributed by atoms with E-state index in [0.29, 0.717) is 29.3 Å². The van der Waals surface area contributed by atoms with Crippen molar-refractivity contribution in [1.82, 2.24) is 4.98 Å². The average molecular weight is 281 g/mol. The summed E-state index contributed by atoms with van der Waals surface area (Å²) in [5, 5.41) is 0.642. The summed E-state index contributed by atoms with van der Waals surface area (Å²) in [6, 6.07) is 6.76. The number of aromatic nitrogens is 1. The van der Waals surface area contributed by atoms with E-state index in [0.717, 1.165) is 11.8 Å². The molecular formula is C14H14ClFN2O. The van der Waals surface area contributed by atoms with E-state index < -0.39 is 0 Å². The third-order valence-corrected chi connectivity index (χ3v) is 2.83. The highest BCUT2D eigenvalue weighted by Crippen LogP contribution is 2.24. The van der Waals surface area contributed by atoms with E-state index in [-0.39, 0.29) is 12.4 Å². The van der Waals surface area contributed by atoms with Crippen LogP contribution >= 0.6 is 11.6 Å². The van der Waals surface area contributed by atoms with Gasteiger partial charge in [0.25, 0.3) is 0 Å². The summed E-state index contributed by atoms with van der Waals surface area (Å²) in [6.45, 7) is 0.766. The SMILES string of the molecule is NCCc1cc(Cl)ccc1OCc1cncc(F)c1. The molecule has 2 aromatic rings. The molecule has 19 heavy (non-hydrogen) atoms. The second kappa shape index (κ2) is 6.50. The van der Waals surface area contributed by atoms with Crippen molar-refractivity contribution in [3.63, 3.8) is 0 Å². The van der Waals surface area contributed by atoms with Crippen LogP contribution in [0.1, 0.15) is 11.1 Å². The topological polar surface area (TPSA) is 48.1 Å². The molecule has 1 aromatic heterocycles. The van der Waals surface area contributed by atoms with Crippen molar-refractivity contribution < 1.29 is 9.13 Å². The van der Waals surface area contributed by atoms with Gasteiger partial charge in [0.05, 0.1) is 6.20 Å². The largest absolute Gasteiger partial charge is 0.489 e. The first-order valence-electron chi connectivity index (χ1n) is 5.90. The summed E-state index contributed by atoms with van der Waals surface area (Å²) in [7, 11) is 0. The number of pyridine rings is 1. The maximum Gasteiger partial charge on any atom is 0.141 e. The zero-order chi connectivity index (χ0) is 13.7. The van der Waals surface area contributed by atoms with Crippen LogP contribution in [0.15, 0.2) is 36.7 Å². The fourth-order valence-electron chi connectivity index (χ4n) is 1.74. The number of hydrogen-bond donors (Lipinski definition) is 1. The Balaban J connectivity index is 2.10. The minimum atomic E-state index is -0.376. The van der Waals surface area contributed by atoms with Crippen molar-refractivity contribution in [3.8, 4) is 5.75 Å². The van der Waals surface area contributed by atoms with Crippen molar-refractivity contribution in [3.05, 3.63) is 58.6 Å². The van der Waals surface area contributed by atoms with Gasteiger partial charge in [-0.1, -0.05) is 11.6 Å². The molecule has 0 aliphatic carbocycles. The molecular weight excluding hydrogens is 267 g/mol. The van der Waals surface area contributed by atoms with Gasteiger partial charge in [-0.25, -0.2) is 4.39 Å². The maximum absolute atomic E-state index is 13.0. The maximum atomic E-state index is 13.0. The lowest BCUT2D eigenvalue weighted by Crippen LogP contribution is -2.05. The number of ether oxygens (including phenoxy) is 1. The fourth-order valence-corrected chi connectivity index (χ4v) is 1.93. The number of nitrogens with zero attached hydrogens (tertiary/aromatic N) is 1. The van der Waals surface area contributed by atoms with Crippen LogP contribution < -0.4 is 10.5 Å². The monoisotopic (exact) mass is 280 g/mol. The predicted octanol–water partition coefficient (Wildman–Crippen LogP) is 2.95. The average Bonchev–Trinajstić information content (AvgIpc) is 2.38. The van der Waals surface area contributed by atoms with Crippen LogP contribution in [0, 0.1) is 5.82 Å². The Morgan fingerprint density at radius 1 is 1.26 bits per heavy atom. The molecule has 0 fully saturated rings. The van der Waals surface area contributed by atoms with Gasteiger partial charge < -0.3 is 10.5 Å². The quantitative estimate of drug-likeness (QED) is 0.916. The third kappa shape index (κ3) is 3.91. The van der Waals surface area contributed by atoms with Crippen molar-refractivity contribution >= 4 is 11.6 Å². The molecule has 0 aliphatic heterocycles. The Morgan fingerprint density at radius 3 is 2.84 bits per heavy atom. The minimum absolute atomic E-state index is 0.254. The lowest BCUT2D eigenvalue weighted by molar-refractivity contribution is 0.302. The summed E-state index contributed by atoms with van der Waals surface area (Å²) < 4.78 is 18.7. The van der Waals surface area contributed by atoms with Crippen LogP contribution in [-0.2, 0) is 13.0 Å². The van der Waals surface area contributed by atoms with E-state index in [2.05, 4.69) is 4.98 Å². The minimum Gasteiger partial charge on any atom is -0.489 e. The van der Waals surface area contributed by atoms with E-state index in [1.54, 1.807) is 18.3 Å². The number of nitrogens with two attached hydrogens (primary N) is 1. The molecule has 0 atom stereocenters. The molecule has 0 spiro atoms. The summed E-state index contributed by atoms with van der Waals surface area (Å²) in [5.74, 6) is 0.332. The van der Waals surface area contributed by atoms with Crippen LogP contribution in [0.3, 0.4) is 0 Å². The molecule has 5 heteroatoms. The molecule has 2 N–H and O–H groups in total. The van der Waals surface area contributed by atoms with Crippen LogP contribution in [0.25, 0.3) is 0 Å². The Kier molecular flexibility index (Phi) is 4.71. The van der Waals surface area contributed by atoms with Gasteiger partial charge in [0.2, 0.25) is 0 Å². The Bertz CT molecular complexity index is 563. The molecule has 0 aliphatic rings. The van der Waals surface area contributed by atoms with Crippen LogP contribution in [-0.4, -0.2) is 11.5 Å². The lowest BCUT2D eigenvalue weighted by atomic mass is 10.1. The van der Waals surface area contributed by atoms with Gasteiger partial charge in [-0.3, -0.25) is 4.98 Å². The molecule has 0 saturated carbocycles. The molecule has 0 bridgehead atoms. The van der Waals surface area contributed by atoms with E-state index >= 15 is 0 Å². The summed E-state index contributed by atoms with van der Waals surface area (Å²) in [5.41, 5.74) is 7.17. The first-order valence-corrected chi connectivity index (χ1v) is 6.27. The summed E-state index contributed by atoms with van der Waals surface area (Å²) >= 11 is 5.93.